The minimum atomic E-state index is -0.735. The van der Waals surface area contributed by atoms with Crippen molar-refractivity contribution in [2.45, 2.75) is 12.5 Å². The van der Waals surface area contributed by atoms with Crippen LogP contribution in [0.5, 0.6) is 0 Å². The average Bonchev–Trinajstić information content (AvgIpc) is 2.38. The van der Waals surface area contributed by atoms with Crippen LogP contribution in [0.4, 0.5) is 0 Å². The van der Waals surface area contributed by atoms with Crippen LogP contribution in [-0.4, -0.2) is 5.11 Å². The van der Waals surface area contributed by atoms with E-state index in [9.17, 15) is 5.11 Å². The molecule has 5 heteroatoms. The third kappa shape index (κ3) is 3.45. The molecule has 0 radical (unpaired) electrons. The Balaban J connectivity index is 2.28. The summed E-state index contributed by atoms with van der Waals surface area (Å²) in [5, 5.41) is 11.7. The van der Waals surface area contributed by atoms with Gasteiger partial charge in [0.25, 0.3) is 0 Å². The van der Waals surface area contributed by atoms with Crippen LogP contribution in [-0.2, 0) is 6.42 Å². The summed E-state index contributed by atoms with van der Waals surface area (Å²) in [5.74, 6) is 0. The molecule has 0 amide bonds. The predicted octanol–water partition coefficient (Wildman–Crippen LogP) is 5.69. The number of hydrogen-bond acceptors (Lipinski definition) is 1. The van der Waals surface area contributed by atoms with E-state index in [4.69, 9.17) is 34.8 Å². The molecule has 0 heterocycles. The van der Waals surface area contributed by atoms with E-state index >= 15 is 0 Å². The lowest BCUT2D eigenvalue weighted by atomic mass is 10.0. The molecule has 1 atom stereocenters. The highest BCUT2D eigenvalue weighted by molar-refractivity contribution is 9.10. The topological polar surface area (TPSA) is 20.2 Å². The molecular weight excluding hydrogens is 370 g/mol. The highest BCUT2D eigenvalue weighted by Crippen LogP contribution is 2.34. The van der Waals surface area contributed by atoms with Crippen LogP contribution in [0.25, 0.3) is 0 Å². The van der Waals surface area contributed by atoms with E-state index < -0.39 is 6.10 Å². The molecular formula is C14H10BrCl3O. The lowest BCUT2D eigenvalue weighted by Crippen LogP contribution is -2.03. The van der Waals surface area contributed by atoms with Crippen molar-refractivity contribution in [3.05, 3.63) is 67.1 Å². The Morgan fingerprint density at radius 3 is 2.42 bits per heavy atom. The van der Waals surface area contributed by atoms with Gasteiger partial charge in [-0.05, 0) is 33.6 Å². The summed E-state index contributed by atoms with van der Waals surface area (Å²) in [7, 11) is 0. The van der Waals surface area contributed by atoms with Gasteiger partial charge in [0.2, 0.25) is 0 Å². The fourth-order valence-electron chi connectivity index (χ4n) is 1.80. The Morgan fingerprint density at radius 2 is 1.68 bits per heavy atom. The van der Waals surface area contributed by atoms with Crippen molar-refractivity contribution in [2.24, 2.45) is 0 Å². The molecule has 1 unspecified atom stereocenters. The van der Waals surface area contributed by atoms with Gasteiger partial charge in [0.1, 0.15) is 0 Å². The van der Waals surface area contributed by atoms with E-state index in [2.05, 4.69) is 15.9 Å². The van der Waals surface area contributed by atoms with Gasteiger partial charge in [0.15, 0.2) is 0 Å². The molecule has 2 aromatic rings. The van der Waals surface area contributed by atoms with Crippen molar-refractivity contribution >= 4 is 50.7 Å². The maximum atomic E-state index is 10.3. The van der Waals surface area contributed by atoms with Crippen molar-refractivity contribution in [2.75, 3.05) is 0 Å². The van der Waals surface area contributed by atoms with Gasteiger partial charge in [-0.1, -0.05) is 59.1 Å². The Bertz CT molecular complexity index is 601. The molecule has 1 N–H and O–H groups in total. The molecule has 0 saturated heterocycles. The van der Waals surface area contributed by atoms with Crippen molar-refractivity contribution in [1.82, 2.24) is 0 Å². The molecule has 0 aliphatic rings. The zero-order valence-electron chi connectivity index (χ0n) is 9.71. The van der Waals surface area contributed by atoms with Gasteiger partial charge >= 0.3 is 0 Å². The third-order valence-electron chi connectivity index (χ3n) is 2.79. The normalized spacial score (nSPS) is 12.5. The van der Waals surface area contributed by atoms with Crippen LogP contribution in [0.3, 0.4) is 0 Å². The first-order valence-electron chi connectivity index (χ1n) is 5.55. The van der Waals surface area contributed by atoms with Crippen molar-refractivity contribution in [3.63, 3.8) is 0 Å². The van der Waals surface area contributed by atoms with Gasteiger partial charge < -0.3 is 5.11 Å². The number of rotatable bonds is 3. The number of halogens is 4. The molecule has 19 heavy (non-hydrogen) atoms. The van der Waals surface area contributed by atoms with Crippen LogP contribution < -0.4 is 0 Å². The largest absolute Gasteiger partial charge is 0.388 e. The Kier molecular flexibility index (Phi) is 5.15. The van der Waals surface area contributed by atoms with Gasteiger partial charge in [-0.3, -0.25) is 0 Å². The van der Waals surface area contributed by atoms with Crippen LogP contribution in [0, 0.1) is 0 Å². The molecule has 0 bridgehead atoms. The Labute approximate surface area is 135 Å². The van der Waals surface area contributed by atoms with Gasteiger partial charge in [0.05, 0.1) is 21.2 Å². The molecule has 0 fully saturated rings. The molecule has 0 saturated carbocycles. The monoisotopic (exact) mass is 378 g/mol. The first-order chi connectivity index (χ1) is 9.00. The fourth-order valence-corrected chi connectivity index (χ4v) is 2.83. The number of aliphatic hydroxyl groups excluding tert-OH is 1. The maximum Gasteiger partial charge on any atom is 0.0845 e. The Morgan fingerprint density at radius 1 is 1.00 bits per heavy atom. The fraction of sp³-hybridized carbons (Fsp3) is 0.143. The Hall–Kier alpha value is -0.250. The van der Waals surface area contributed by atoms with Crippen LogP contribution >= 0.6 is 50.7 Å². The van der Waals surface area contributed by atoms with Crippen molar-refractivity contribution < 1.29 is 5.11 Å². The molecule has 0 aliphatic heterocycles. The standard InChI is InChI=1S/C14H10BrCl3O/c15-10-5-2-4-9(14(10)18)12(19)7-8-3-1-6-11(16)13(8)17/h1-6,12,19H,7H2. The minimum Gasteiger partial charge on any atom is -0.388 e. The summed E-state index contributed by atoms with van der Waals surface area (Å²) in [6.07, 6.45) is -0.379. The smallest absolute Gasteiger partial charge is 0.0845 e. The minimum absolute atomic E-state index is 0.357. The van der Waals surface area contributed by atoms with Gasteiger partial charge in [-0.2, -0.15) is 0 Å². The zero-order chi connectivity index (χ0) is 14.0. The van der Waals surface area contributed by atoms with Gasteiger partial charge in [0, 0.05) is 16.5 Å². The summed E-state index contributed by atoms with van der Waals surface area (Å²) in [6, 6.07) is 10.8. The average molecular weight is 380 g/mol. The second kappa shape index (κ2) is 6.47. The zero-order valence-corrected chi connectivity index (χ0v) is 13.6. The molecule has 0 aromatic heterocycles. The van der Waals surface area contributed by atoms with E-state index in [-0.39, 0.29) is 0 Å². The highest BCUT2D eigenvalue weighted by atomic mass is 79.9. The second-order valence-corrected chi connectivity index (χ2v) is 6.09. The van der Waals surface area contributed by atoms with Gasteiger partial charge in [-0.15, -0.1) is 0 Å². The van der Waals surface area contributed by atoms with E-state index in [0.717, 1.165) is 10.0 Å². The van der Waals surface area contributed by atoms with E-state index in [1.165, 1.54) is 0 Å². The molecule has 1 nitrogen and oxygen atoms in total. The summed E-state index contributed by atoms with van der Waals surface area (Å²) in [6.45, 7) is 0. The number of benzene rings is 2. The first-order valence-corrected chi connectivity index (χ1v) is 7.48. The molecule has 0 spiro atoms. The molecule has 2 aromatic carbocycles. The van der Waals surface area contributed by atoms with E-state index in [1.807, 2.05) is 18.2 Å². The summed E-state index contributed by atoms with van der Waals surface area (Å²) in [4.78, 5) is 0. The van der Waals surface area contributed by atoms with Crippen molar-refractivity contribution in [3.8, 4) is 0 Å². The van der Waals surface area contributed by atoms with Crippen LogP contribution in [0.2, 0.25) is 15.1 Å². The van der Waals surface area contributed by atoms with E-state index in [1.54, 1.807) is 18.2 Å². The lowest BCUT2D eigenvalue weighted by Gasteiger charge is -2.15. The highest BCUT2D eigenvalue weighted by Gasteiger charge is 2.16. The predicted molar refractivity (Wildman–Crippen MR) is 84.3 cm³/mol. The van der Waals surface area contributed by atoms with Gasteiger partial charge in [-0.25, -0.2) is 0 Å². The second-order valence-electron chi connectivity index (χ2n) is 4.08. The van der Waals surface area contributed by atoms with E-state index in [0.29, 0.717) is 27.1 Å². The van der Waals surface area contributed by atoms with Crippen LogP contribution in [0.1, 0.15) is 17.2 Å². The summed E-state index contributed by atoms with van der Waals surface area (Å²) >= 11 is 21.6. The number of aliphatic hydroxyl groups is 1. The quantitative estimate of drug-likeness (QED) is 0.726. The lowest BCUT2D eigenvalue weighted by molar-refractivity contribution is 0.178. The maximum absolute atomic E-state index is 10.3. The van der Waals surface area contributed by atoms with Crippen LogP contribution in [0.15, 0.2) is 40.9 Å². The molecule has 2 rings (SSSR count). The SMILES string of the molecule is OC(Cc1cccc(Cl)c1Cl)c1cccc(Br)c1Cl. The number of hydrogen-bond donors (Lipinski definition) is 1. The molecule has 100 valence electrons. The first kappa shape index (κ1) is 15.1. The molecule has 0 aliphatic carbocycles. The summed E-state index contributed by atoms with van der Waals surface area (Å²) in [5.41, 5.74) is 1.45. The third-order valence-corrected chi connectivity index (χ3v) is 4.95. The van der Waals surface area contributed by atoms with Crippen molar-refractivity contribution in [1.29, 1.82) is 0 Å². The summed E-state index contributed by atoms with van der Waals surface area (Å²) < 4.78 is 0.753.